The fraction of sp³-hybridized carbons (Fsp3) is 0. The molecule has 0 aliphatic rings. The number of rotatable bonds is 3. The first-order valence-corrected chi connectivity index (χ1v) is 3.33. The quantitative estimate of drug-likeness (QED) is 0.448. The molecule has 0 saturated heterocycles. The van der Waals surface area contributed by atoms with Gasteiger partial charge in [0.15, 0.2) is 0 Å². The molecule has 0 aromatic carbocycles. The Kier molecular flexibility index (Phi) is 29.5. The van der Waals surface area contributed by atoms with Gasteiger partial charge in [0, 0.05) is 6.08 Å². The zero-order chi connectivity index (χ0) is 12.9. The molecule has 84 valence electrons. The van der Waals surface area contributed by atoms with Crippen molar-refractivity contribution in [2.75, 3.05) is 0 Å². The zero-order valence-corrected chi connectivity index (χ0v) is 10.8. The van der Waals surface area contributed by atoms with Crippen LogP contribution in [0.3, 0.4) is 0 Å². The van der Waals surface area contributed by atoms with Gasteiger partial charge in [-0.3, -0.25) is 0 Å². The molecule has 0 radical (unpaired) electrons. The molecule has 0 amide bonds. The minimum absolute atomic E-state index is 0. The van der Waals surface area contributed by atoms with Crippen molar-refractivity contribution >= 4 is 55.6 Å². The van der Waals surface area contributed by atoms with Gasteiger partial charge in [-0.1, -0.05) is 19.7 Å². The summed E-state index contributed by atoms with van der Waals surface area (Å²) < 4.78 is 0. The summed E-state index contributed by atoms with van der Waals surface area (Å²) in [6.07, 6.45) is 2.28. The fourth-order valence-corrected chi connectivity index (χ4v) is 0. The minimum Gasteiger partial charge on any atom is -0.545 e. The van der Waals surface area contributed by atoms with E-state index in [1.807, 2.05) is 0 Å². The second kappa shape index (κ2) is 19.5. The van der Waals surface area contributed by atoms with E-state index in [2.05, 4.69) is 19.7 Å². The molecule has 0 aliphatic carbocycles. The second-order valence-electron chi connectivity index (χ2n) is 1.59. The summed E-state index contributed by atoms with van der Waals surface area (Å²) in [7, 11) is 0. The van der Waals surface area contributed by atoms with Crippen molar-refractivity contribution in [2.45, 2.75) is 0 Å². The third-order valence-electron chi connectivity index (χ3n) is 0.508. The molecule has 1 N–H and O–H groups in total. The van der Waals surface area contributed by atoms with Crippen LogP contribution in [-0.2, 0) is 14.4 Å². The average Bonchev–Trinajstić information content (AvgIpc) is 2.19. The molecule has 0 aromatic heterocycles. The maximum atomic E-state index is 9.25. The summed E-state index contributed by atoms with van der Waals surface area (Å²) in [6, 6.07) is 0. The maximum absolute atomic E-state index is 9.25. The minimum atomic E-state index is -1.23. The first-order chi connectivity index (χ1) is 6.81. The van der Waals surface area contributed by atoms with E-state index in [1.165, 1.54) is 0 Å². The molecule has 0 rings (SSSR count). The standard InChI is InChI=1S/3C3H4O2.Ca/c3*1-2-3(4)5;/h3*2H,1H2,(H,4,5);/q;;;+2/p-2. The smallest absolute Gasteiger partial charge is 0.545 e. The third-order valence-corrected chi connectivity index (χ3v) is 0.508. The second-order valence-corrected chi connectivity index (χ2v) is 1.59. The molecule has 0 atom stereocenters. The van der Waals surface area contributed by atoms with Gasteiger partial charge in [0.25, 0.3) is 0 Å². The summed E-state index contributed by atoms with van der Waals surface area (Å²) in [4.78, 5) is 27.5. The SMILES string of the molecule is C=CC(=O)O.C=CC(=O)[O-].C=CC(=O)[O-].[Ca+2]. The summed E-state index contributed by atoms with van der Waals surface area (Å²) in [6.45, 7) is 8.76. The topological polar surface area (TPSA) is 118 Å². The van der Waals surface area contributed by atoms with Crippen LogP contribution in [-0.4, -0.2) is 60.8 Å². The van der Waals surface area contributed by atoms with Crippen molar-refractivity contribution in [3.63, 3.8) is 0 Å². The molecule has 0 fully saturated rings. The van der Waals surface area contributed by atoms with Crippen LogP contribution in [0, 0.1) is 0 Å². The Morgan fingerprint density at radius 1 is 0.875 bits per heavy atom. The van der Waals surface area contributed by atoms with E-state index in [0.29, 0.717) is 0 Å². The van der Waals surface area contributed by atoms with Gasteiger partial charge in [0.05, 0.1) is 11.9 Å². The van der Waals surface area contributed by atoms with Crippen molar-refractivity contribution in [3.05, 3.63) is 38.0 Å². The van der Waals surface area contributed by atoms with Gasteiger partial charge in [0.1, 0.15) is 0 Å². The Morgan fingerprint density at radius 3 is 1.00 bits per heavy atom. The molecule has 16 heavy (non-hydrogen) atoms. The Balaban J connectivity index is -0.0000000655. The third kappa shape index (κ3) is 76.2. The maximum Gasteiger partial charge on any atom is 2.00 e. The molecule has 0 aliphatic heterocycles. The van der Waals surface area contributed by atoms with Crippen LogP contribution in [0.1, 0.15) is 0 Å². The summed E-state index contributed by atoms with van der Waals surface area (Å²) in [5, 5.41) is 25.9. The van der Waals surface area contributed by atoms with Crippen molar-refractivity contribution in [1.29, 1.82) is 0 Å². The van der Waals surface area contributed by atoms with E-state index in [9.17, 15) is 4.79 Å². The molecule has 0 bridgehead atoms. The van der Waals surface area contributed by atoms with Crippen molar-refractivity contribution in [3.8, 4) is 0 Å². The van der Waals surface area contributed by atoms with E-state index < -0.39 is 17.9 Å². The monoisotopic (exact) mass is 254 g/mol. The number of carboxylic acids is 3. The number of hydrogen-bond acceptors (Lipinski definition) is 5. The molecular weight excluding hydrogens is 244 g/mol. The van der Waals surface area contributed by atoms with E-state index in [1.54, 1.807) is 0 Å². The Morgan fingerprint density at radius 2 is 1.00 bits per heavy atom. The van der Waals surface area contributed by atoms with Gasteiger partial charge in [-0.15, -0.1) is 0 Å². The van der Waals surface area contributed by atoms with Crippen LogP contribution in [0.4, 0.5) is 0 Å². The van der Waals surface area contributed by atoms with Crippen molar-refractivity contribution < 1.29 is 29.7 Å². The molecular formula is C9H10CaO6. The molecule has 0 saturated carbocycles. The largest absolute Gasteiger partial charge is 2.00 e. The van der Waals surface area contributed by atoms with Gasteiger partial charge in [-0.05, 0) is 12.2 Å². The van der Waals surface area contributed by atoms with Crippen molar-refractivity contribution in [2.24, 2.45) is 0 Å². The van der Waals surface area contributed by atoms with Crippen LogP contribution in [0.5, 0.6) is 0 Å². The van der Waals surface area contributed by atoms with Crippen LogP contribution in [0.2, 0.25) is 0 Å². The van der Waals surface area contributed by atoms with E-state index in [0.717, 1.165) is 18.2 Å². The number of carbonyl (C=O) groups is 3. The normalized spacial score (nSPS) is 6.00. The number of hydrogen-bond donors (Lipinski definition) is 1. The van der Waals surface area contributed by atoms with Crippen LogP contribution in [0.25, 0.3) is 0 Å². The van der Waals surface area contributed by atoms with Crippen LogP contribution in [0.15, 0.2) is 38.0 Å². The molecule has 0 aromatic rings. The summed E-state index contributed by atoms with van der Waals surface area (Å²) in [5.41, 5.74) is 0. The molecule has 6 nitrogen and oxygen atoms in total. The van der Waals surface area contributed by atoms with Gasteiger partial charge >= 0.3 is 43.7 Å². The van der Waals surface area contributed by atoms with Crippen LogP contribution >= 0.6 is 0 Å². The van der Waals surface area contributed by atoms with Gasteiger partial charge in [-0.2, -0.15) is 0 Å². The Labute approximate surface area is 123 Å². The summed E-state index contributed by atoms with van der Waals surface area (Å²) >= 11 is 0. The fourth-order valence-electron chi connectivity index (χ4n) is 0. The van der Waals surface area contributed by atoms with Gasteiger partial charge in [-0.25, -0.2) is 4.79 Å². The van der Waals surface area contributed by atoms with E-state index in [-0.39, 0.29) is 37.7 Å². The van der Waals surface area contributed by atoms with E-state index >= 15 is 0 Å². The predicted octanol–water partition coefficient (Wildman–Crippen LogP) is -2.28. The molecule has 0 unspecified atom stereocenters. The predicted molar refractivity (Wildman–Crippen MR) is 54.0 cm³/mol. The summed E-state index contributed by atoms with van der Waals surface area (Å²) in [5.74, 6) is -3.44. The van der Waals surface area contributed by atoms with Gasteiger partial charge in [0.2, 0.25) is 0 Å². The average molecular weight is 254 g/mol. The Hall–Kier alpha value is -1.11. The Bertz CT molecular complexity index is 216. The molecule has 7 heteroatoms. The van der Waals surface area contributed by atoms with E-state index in [4.69, 9.17) is 24.9 Å². The number of aliphatic carboxylic acids is 3. The molecule has 0 spiro atoms. The van der Waals surface area contributed by atoms with Crippen LogP contribution < -0.4 is 10.2 Å². The van der Waals surface area contributed by atoms with Crippen molar-refractivity contribution in [1.82, 2.24) is 0 Å². The number of carbonyl (C=O) groups excluding carboxylic acids is 2. The number of carboxylic acid groups (broad SMARTS) is 3. The zero-order valence-electron chi connectivity index (χ0n) is 8.55. The van der Waals surface area contributed by atoms with Gasteiger partial charge < -0.3 is 24.9 Å². The molecule has 0 heterocycles. The first-order valence-electron chi connectivity index (χ1n) is 3.33. The first kappa shape index (κ1) is 24.2.